The molecule has 116 valence electrons. The molecule has 0 saturated heterocycles. The predicted molar refractivity (Wildman–Crippen MR) is 90.0 cm³/mol. The molecule has 0 bridgehead atoms. The standard InChI is InChI=1S/C21H32/c1-4-15-9-11-18-17-10-8-16-7-5-6-13-20(16,2)19(17)12-14-21(15,18)3/h5,7-8,15,17-19H,4,6,9-14H2,1-3H3/t15-,17-,18-,19-,20-,21+/m0/s1. The molecule has 6 atom stereocenters. The van der Waals surface area contributed by atoms with Crippen molar-refractivity contribution in [2.75, 3.05) is 0 Å². The third kappa shape index (κ3) is 1.80. The van der Waals surface area contributed by atoms with Crippen LogP contribution in [0.3, 0.4) is 0 Å². The molecule has 0 aromatic rings. The molecule has 0 N–H and O–H groups in total. The van der Waals surface area contributed by atoms with Crippen LogP contribution in [-0.2, 0) is 0 Å². The molecule has 0 aliphatic heterocycles. The minimum atomic E-state index is 0.503. The van der Waals surface area contributed by atoms with Crippen LogP contribution in [-0.4, -0.2) is 0 Å². The molecule has 21 heavy (non-hydrogen) atoms. The van der Waals surface area contributed by atoms with Crippen LogP contribution in [0.25, 0.3) is 0 Å². The normalized spacial score (nSPS) is 51.9. The fourth-order valence-electron chi connectivity index (χ4n) is 7.08. The lowest BCUT2D eigenvalue weighted by atomic mass is 9.48. The smallest absolute Gasteiger partial charge is 0.00445 e. The zero-order valence-corrected chi connectivity index (χ0v) is 14.2. The van der Waals surface area contributed by atoms with E-state index >= 15 is 0 Å². The van der Waals surface area contributed by atoms with Crippen LogP contribution in [0.5, 0.6) is 0 Å². The number of allylic oxidation sites excluding steroid dienone is 4. The Hall–Kier alpha value is -0.520. The SMILES string of the molecule is CC[C@H]1CC[C@H]2[C@@H]3CC=C4C=CCC[C@]4(C)[C@H]3CC[C@]12C. The van der Waals surface area contributed by atoms with E-state index in [9.17, 15) is 0 Å². The summed E-state index contributed by atoms with van der Waals surface area (Å²) >= 11 is 0. The van der Waals surface area contributed by atoms with Crippen molar-refractivity contribution in [2.45, 2.75) is 72.1 Å². The maximum absolute atomic E-state index is 2.65. The first-order valence-electron chi connectivity index (χ1n) is 9.47. The molecule has 0 radical (unpaired) electrons. The second kappa shape index (κ2) is 4.74. The van der Waals surface area contributed by atoms with Gasteiger partial charge in [0.25, 0.3) is 0 Å². The molecule has 0 heteroatoms. The van der Waals surface area contributed by atoms with Gasteiger partial charge in [0.1, 0.15) is 0 Å². The van der Waals surface area contributed by atoms with Gasteiger partial charge in [-0.15, -0.1) is 0 Å². The Bertz CT molecular complexity index is 484. The van der Waals surface area contributed by atoms with Gasteiger partial charge in [-0.25, -0.2) is 0 Å². The average molecular weight is 284 g/mol. The molecule has 0 aromatic carbocycles. The van der Waals surface area contributed by atoms with Gasteiger partial charge in [0.05, 0.1) is 0 Å². The van der Waals surface area contributed by atoms with E-state index in [-0.39, 0.29) is 0 Å². The third-order valence-electron chi connectivity index (χ3n) is 8.34. The van der Waals surface area contributed by atoms with Crippen LogP contribution in [0.4, 0.5) is 0 Å². The van der Waals surface area contributed by atoms with E-state index < -0.39 is 0 Å². The zero-order chi connectivity index (χ0) is 14.7. The fourth-order valence-corrected chi connectivity index (χ4v) is 7.08. The molecule has 4 rings (SSSR count). The summed E-state index contributed by atoms with van der Waals surface area (Å²) < 4.78 is 0. The Morgan fingerprint density at radius 1 is 1.10 bits per heavy atom. The van der Waals surface area contributed by atoms with Crippen molar-refractivity contribution >= 4 is 0 Å². The first-order chi connectivity index (χ1) is 10.1. The molecular formula is C21H32. The molecule has 2 fully saturated rings. The summed E-state index contributed by atoms with van der Waals surface area (Å²) in [4.78, 5) is 0. The second-order valence-electron chi connectivity index (χ2n) is 8.86. The topological polar surface area (TPSA) is 0 Å². The van der Waals surface area contributed by atoms with E-state index in [1.165, 1.54) is 51.4 Å². The van der Waals surface area contributed by atoms with E-state index in [1.807, 2.05) is 0 Å². The van der Waals surface area contributed by atoms with Gasteiger partial charge in [0.15, 0.2) is 0 Å². The fraction of sp³-hybridized carbons (Fsp3) is 0.810. The molecule has 4 aliphatic rings. The maximum atomic E-state index is 2.65. The molecule has 4 aliphatic carbocycles. The van der Waals surface area contributed by atoms with Crippen LogP contribution in [0, 0.1) is 34.5 Å². The van der Waals surface area contributed by atoms with Crippen LogP contribution in [0.15, 0.2) is 23.8 Å². The van der Waals surface area contributed by atoms with Gasteiger partial charge in [0, 0.05) is 0 Å². The maximum Gasteiger partial charge on any atom is -0.00445 e. The van der Waals surface area contributed by atoms with Gasteiger partial charge in [0.2, 0.25) is 0 Å². The molecule has 0 nitrogen and oxygen atoms in total. The Kier molecular flexibility index (Phi) is 3.18. The van der Waals surface area contributed by atoms with E-state index in [1.54, 1.807) is 5.57 Å². The summed E-state index contributed by atoms with van der Waals surface area (Å²) in [6.07, 6.45) is 19.0. The number of hydrogen-bond acceptors (Lipinski definition) is 0. The Morgan fingerprint density at radius 2 is 1.95 bits per heavy atom. The Balaban J connectivity index is 1.69. The summed E-state index contributed by atoms with van der Waals surface area (Å²) in [5.74, 6) is 3.98. The van der Waals surface area contributed by atoms with Crippen molar-refractivity contribution in [3.8, 4) is 0 Å². The third-order valence-corrected chi connectivity index (χ3v) is 8.34. The van der Waals surface area contributed by atoms with Crippen molar-refractivity contribution in [1.82, 2.24) is 0 Å². The minimum absolute atomic E-state index is 0.503. The number of fused-ring (bicyclic) bond motifs is 5. The summed E-state index contributed by atoms with van der Waals surface area (Å²) in [6, 6.07) is 0. The van der Waals surface area contributed by atoms with Crippen LogP contribution in [0.2, 0.25) is 0 Å². The lowest BCUT2D eigenvalue weighted by Crippen LogP contribution is -2.48. The first-order valence-corrected chi connectivity index (χ1v) is 9.47. The quantitative estimate of drug-likeness (QED) is 0.542. The van der Waals surface area contributed by atoms with Crippen LogP contribution >= 0.6 is 0 Å². The second-order valence-corrected chi connectivity index (χ2v) is 8.86. The molecule has 0 aromatic heterocycles. The molecule has 0 heterocycles. The van der Waals surface area contributed by atoms with Crippen molar-refractivity contribution in [1.29, 1.82) is 0 Å². The lowest BCUT2D eigenvalue weighted by molar-refractivity contribution is -0.0359. The van der Waals surface area contributed by atoms with Gasteiger partial charge >= 0.3 is 0 Å². The lowest BCUT2D eigenvalue weighted by Gasteiger charge is -2.57. The number of rotatable bonds is 1. The predicted octanol–water partition coefficient (Wildman–Crippen LogP) is 6.14. The molecular weight excluding hydrogens is 252 g/mol. The highest BCUT2D eigenvalue weighted by atomic mass is 14.6. The van der Waals surface area contributed by atoms with Crippen molar-refractivity contribution in [3.63, 3.8) is 0 Å². The van der Waals surface area contributed by atoms with Gasteiger partial charge < -0.3 is 0 Å². The summed E-state index contributed by atoms with van der Waals surface area (Å²) in [6.45, 7) is 7.67. The van der Waals surface area contributed by atoms with Crippen molar-refractivity contribution in [2.24, 2.45) is 34.5 Å². The number of hydrogen-bond donors (Lipinski definition) is 0. The Labute approximate surface area is 131 Å². The van der Waals surface area contributed by atoms with E-state index in [2.05, 4.69) is 39.0 Å². The van der Waals surface area contributed by atoms with Gasteiger partial charge in [-0.3, -0.25) is 0 Å². The average Bonchev–Trinajstić information content (AvgIpc) is 2.83. The molecule has 0 spiro atoms. The first kappa shape index (κ1) is 14.1. The zero-order valence-electron chi connectivity index (χ0n) is 14.2. The monoisotopic (exact) mass is 284 g/mol. The summed E-state index contributed by atoms with van der Waals surface area (Å²) in [5.41, 5.74) is 2.86. The van der Waals surface area contributed by atoms with Crippen LogP contribution in [0.1, 0.15) is 72.1 Å². The van der Waals surface area contributed by atoms with Crippen molar-refractivity contribution in [3.05, 3.63) is 23.8 Å². The highest BCUT2D eigenvalue weighted by Crippen LogP contribution is 2.66. The van der Waals surface area contributed by atoms with E-state index in [4.69, 9.17) is 0 Å². The van der Waals surface area contributed by atoms with Gasteiger partial charge in [-0.1, -0.05) is 45.4 Å². The summed E-state index contributed by atoms with van der Waals surface area (Å²) in [7, 11) is 0. The molecule has 0 amide bonds. The highest BCUT2D eigenvalue weighted by Gasteiger charge is 2.57. The van der Waals surface area contributed by atoms with E-state index in [0.29, 0.717) is 10.8 Å². The minimum Gasteiger partial charge on any atom is -0.0842 e. The molecule has 0 unspecified atom stereocenters. The molecule has 2 saturated carbocycles. The summed E-state index contributed by atoms with van der Waals surface area (Å²) in [5, 5.41) is 0. The highest BCUT2D eigenvalue weighted by molar-refractivity contribution is 5.34. The van der Waals surface area contributed by atoms with Gasteiger partial charge in [-0.2, -0.15) is 0 Å². The largest absolute Gasteiger partial charge is 0.0842 e. The van der Waals surface area contributed by atoms with Crippen LogP contribution < -0.4 is 0 Å². The van der Waals surface area contributed by atoms with E-state index in [0.717, 1.165) is 23.7 Å². The Morgan fingerprint density at radius 3 is 2.76 bits per heavy atom. The van der Waals surface area contributed by atoms with Gasteiger partial charge in [-0.05, 0) is 85.0 Å². The van der Waals surface area contributed by atoms with Crippen molar-refractivity contribution < 1.29 is 0 Å².